The fourth-order valence-corrected chi connectivity index (χ4v) is 8.33. The Kier molecular flexibility index (Phi) is 4.70. The fourth-order valence-electron chi connectivity index (χ4n) is 4.24. The van der Waals surface area contributed by atoms with E-state index in [1.54, 1.807) is 18.1 Å². The molecule has 1 nitrogen and oxygen atoms in total. The van der Waals surface area contributed by atoms with Crippen LogP contribution in [-0.4, -0.2) is 19.3 Å². The molecule has 2 heteroatoms. The molecule has 0 aromatic carbocycles. The molecule has 0 amide bonds. The minimum Gasteiger partial charge on any atom is -0.393 e. The van der Waals surface area contributed by atoms with E-state index in [1.165, 1.54) is 32.1 Å². The van der Waals surface area contributed by atoms with E-state index in [0.29, 0.717) is 0 Å². The quantitative estimate of drug-likeness (QED) is 0.738. The zero-order valence-corrected chi connectivity index (χ0v) is 12.8. The lowest BCUT2D eigenvalue weighted by atomic mass is 9.76. The summed E-state index contributed by atoms with van der Waals surface area (Å²) in [7, 11) is -0.805. The van der Waals surface area contributed by atoms with E-state index in [4.69, 9.17) is 0 Å². The Morgan fingerprint density at radius 3 is 2.00 bits per heavy atom. The summed E-state index contributed by atoms with van der Waals surface area (Å²) < 4.78 is 0. The van der Waals surface area contributed by atoms with Gasteiger partial charge in [0, 0.05) is 0 Å². The summed E-state index contributed by atoms with van der Waals surface area (Å²) in [5.74, 6) is 1.97. The standard InChI is InChI=1S/C15H30OSi/c1-3-10-17(2)11-8-14(9-12-17)13-4-6-15(16)7-5-13/h13-16H,3-12H2,1-2H3/t13-,14?,15-,17?. The Balaban J connectivity index is 1.79. The van der Waals surface area contributed by atoms with Crippen LogP contribution < -0.4 is 0 Å². The molecule has 0 unspecified atom stereocenters. The van der Waals surface area contributed by atoms with Crippen molar-refractivity contribution in [2.75, 3.05) is 0 Å². The van der Waals surface area contributed by atoms with Crippen molar-refractivity contribution in [3.63, 3.8) is 0 Å². The van der Waals surface area contributed by atoms with Gasteiger partial charge in [0.05, 0.1) is 14.2 Å². The molecule has 1 heterocycles. The maximum atomic E-state index is 9.59. The predicted octanol–water partition coefficient (Wildman–Crippen LogP) is 4.44. The van der Waals surface area contributed by atoms with Crippen LogP contribution in [0.25, 0.3) is 0 Å². The van der Waals surface area contributed by atoms with Gasteiger partial charge < -0.3 is 5.11 Å². The Labute approximate surface area is 108 Å². The highest BCUT2D eigenvalue weighted by Gasteiger charge is 2.35. The van der Waals surface area contributed by atoms with Crippen molar-refractivity contribution in [3.05, 3.63) is 0 Å². The number of aliphatic hydroxyl groups is 1. The molecule has 1 saturated carbocycles. The third-order valence-electron chi connectivity index (χ3n) is 5.50. The molecule has 0 aromatic heterocycles. The molecule has 2 fully saturated rings. The van der Waals surface area contributed by atoms with Crippen molar-refractivity contribution in [1.29, 1.82) is 0 Å². The average Bonchev–Trinajstić information content (AvgIpc) is 2.31. The van der Waals surface area contributed by atoms with Crippen LogP contribution >= 0.6 is 0 Å². The Hall–Kier alpha value is 0.177. The largest absolute Gasteiger partial charge is 0.393 e. The predicted molar refractivity (Wildman–Crippen MR) is 77.0 cm³/mol. The van der Waals surface area contributed by atoms with Crippen LogP contribution in [0.5, 0.6) is 0 Å². The number of rotatable bonds is 3. The maximum Gasteiger partial charge on any atom is 0.0540 e. The second-order valence-electron chi connectivity index (χ2n) is 6.97. The summed E-state index contributed by atoms with van der Waals surface area (Å²) in [5.41, 5.74) is 0. The highest BCUT2D eigenvalue weighted by molar-refractivity contribution is 6.78. The molecule has 17 heavy (non-hydrogen) atoms. The molecular weight excluding hydrogens is 224 g/mol. The first-order valence-corrected chi connectivity index (χ1v) is 10.9. The van der Waals surface area contributed by atoms with Crippen LogP contribution in [0.3, 0.4) is 0 Å². The van der Waals surface area contributed by atoms with E-state index in [9.17, 15) is 5.11 Å². The molecule has 100 valence electrons. The van der Waals surface area contributed by atoms with Crippen molar-refractivity contribution in [1.82, 2.24) is 0 Å². The van der Waals surface area contributed by atoms with E-state index < -0.39 is 8.07 Å². The molecule has 1 saturated heterocycles. The van der Waals surface area contributed by atoms with E-state index in [-0.39, 0.29) is 6.10 Å². The molecule has 0 atom stereocenters. The van der Waals surface area contributed by atoms with Gasteiger partial charge in [0.15, 0.2) is 0 Å². The van der Waals surface area contributed by atoms with Gasteiger partial charge in [-0.3, -0.25) is 0 Å². The summed E-state index contributed by atoms with van der Waals surface area (Å²) in [6, 6.07) is 4.73. The molecule has 1 aliphatic carbocycles. The highest BCUT2D eigenvalue weighted by atomic mass is 28.3. The van der Waals surface area contributed by atoms with Crippen LogP contribution in [0.4, 0.5) is 0 Å². The molecule has 1 aliphatic heterocycles. The first-order chi connectivity index (χ1) is 8.13. The summed E-state index contributed by atoms with van der Waals surface area (Å²) in [5, 5.41) is 9.59. The summed E-state index contributed by atoms with van der Waals surface area (Å²) in [6.07, 6.45) is 9.22. The van der Waals surface area contributed by atoms with Gasteiger partial charge in [-0.2, -0.15) is 0 Å². The molecule has 2 rings (SSSR count). The van der Waals surface area contributed by atoms with Gasteiger partial charge in [0.2, 0.25) is 0 Å². The van der Waals surface area contributed by atoms with Gasteiger partial charge in [-0.05, 0) is 37.5 Å². The molecule has 0 radical (unpaired) electrons. The van der Waals surface area contributed by atoms with Crippen LogP contribution in [0.2, 0.25) is 24.7 Å². The number of aliphatic hydroxyl groups excluding tert-OH is 1. The van der Waals surface area contributed by atoms with Crippen molar-refractivity contribution in [2.24, 2.45) is 11.8 Å². The zero-order valence-electron chi connectivity index (χ0n) is 11.8. The van der Waals surface area contributed by atoms with Gasteiger partial charge in [-0.25, -0.2) is 0 Å². The number of hydrogen-bond donors (Lipinski definition) is 1. The number of hydrogen-bond acceptors (Lipinski definition) is 1. The van der Waals surface area contributed by atoms with E-state index in [1.807, 2.05) is 0 Å². The molecule has 0 spiro atoms. The van der Waals surface area contributed by atoms with Crippen LogP contribution in [0, 0.1) is 11.8 Å². The smallest absolute Gasteiger partial charge is 0.0540 e. The zero-order chi connectivity index (χ0) is 12.3. The van der Waals surface area contributed by atoms with Crippen molar-refractivity contribution in [3.8, 4) is 0 Å². The monoisotopic (exact) mass is 254 g/mol. The van der Waals surface area contributed by atoms with Crippen LogP contribution in [0.1, 0.15) is 51.9 Å². The SMILES string of the molecule is CCC[Si]1(C)CCC([C@H]2CC[C@H](O)CC2)CC1. The minimum absolute atomic E-state index is 0.0228. The molecule has 2 aliphatic rings. The highest BCUT2D eigenvalue weighted by Crippen LogP contribution is 2.42. The molecule has 0 bridgehead atoms. The minimum atomic E-state index is -0.805. The normalized spacial score (nSPS) is 43.6. The maximum absolute atomic E-state index is 9.59. The molecular formula is C15H30OSi. The van der Waals surface area contributed by atoms with E-state index >= 15 is 0 Å². The third-order valence-corrected chi connectivity index (χ3v) is 10.2. The average molecular weight is 254 g/mol. The fraction of sp³-hybridized carbons (Fsp3) is 1.00. The van der Waals surface area contributed by atoms with Gasteiger partial charge >= 0.3 is 0 Å². The summed E-state index contributed by atoms with van der Waals surface area (Å²) >= 11 is 0. The van der Waals surface area contributed by atoms with Crippen molar-refractivity contribution < 1.29 is 5.11 Å². The Morgan fingerprint density at radius 2 is 1.47 bits per heavy atom. The van der Waals surface area contributed by atoms with Crippen molar-refractivity contribution in [2.45, 2.75) is 82.7 Å². The first kappa shape index (κ1) is 13.6. The van der Waals surface area contributed by atoms with Gasteiger partial charge in [-0.1, -0.05) is 50.9 Å². The Morgan fingerprint density at radius 1 is 0.941 bits per heavy atom. The van der Waals surface area contributed by atoms with Gasteiger partial charge in [0.1, 0.15) is 0 Å². The lowest BCUT2D eigenvalue weighted by Gasteiger charge is -2.40. The topological polar surface area (TPSA) is 20.2 Å². The molecule has 1 N–H and O–H groups in total. The summed E-state index contributed by atoms with van der Waals surface area (Å²) in [4.78, 5) is 0. The van der Waals surface area contributed by atoms with Crippen LogP contribution in [0.15, 0.2) is 0 Å². The lowest BCUT2D eigenvalue weighted by molar-refractivity contribution is 0.0879. The van der Waals surface area contributed by atoms with Gasteiger partial charge in [0.25, 0.3) is 0 Å². The third kappa shape index (κ3) is 3.57. The second kappa shape index (κ2) is 5.88. The van der Waals surface area contributed by atoms with Gasteiger partial charge in [-0.15, -0.1) is 0 Å². The van der Waals surface area contributed by atoms with E-state index in [0.717, 1.165) is 24.7 Å². The molecule has 0 aromatic rings. The Bertz CT molecular complexity index is 225. The van der Waals surface area contributed by atoms with E-state index in [2.05, 4.69) is 13.5 Å². The summed E-state index contributed by atoms with van der Waals surface area (Å²) in [6.45, 7) is 4.99. The second-order valence-corrected chi connectivity index (χ2v) is 12.1. The van der Waals surface area contributed by atoms with Crippen molar-refractivity contribution >= 4 is 8.07 Å². The first-order valence-electron chi connectivity index (χ1n) is 7.81. The van der Waals surface area contributed by atoms with Crippen LogP contribution in [-0.2, 0) is 0 Å². The lowest BCUT2D eigenvalue weighted by Crippen LogP contribution is -2.37.